The van der Waals surface area contributed by atoms with Crippen LogP contribution in [0.25, 0.3) is 0 Å². The fraction of sp³-hybridized carbons (Fsp3) is 0.526. The van der Waals surface area contributed by atoms with Gasteiger partial charge in [-0.2, -0.15) is 0 Å². The number of aromatic hydroxyl groups is 2. The Bertz CT molecular complexity index is 1250. The van der Waals surface area contributed by atoms with Gasteiger partial charge in [0.1, 0.15) is 11.5 Å². The molecule has 3 aromatic carbocycles. The van der Waals surface area contributed by atoms with Crippen LogP contribution in [-0.4, -0.2) is 10.2 Å². The molecule has 0 heterocycles. The van der Waals surface area contributed by atoms with Crippen LogP contribution in [0, 0.1) is 13.8 Å². The molecule has 2 N–H and O–H groups in total. The first-order valence-corrected chi connectivity index (χ1v) is 15.8. The maximum Gasteiger partial charge on any atom is 0.119 e. The molecule has 2 saturated carbocycles. The van der Waals surface area contributed by atoms with Crippen LogP contribution in [0.15, 0.2) is 48.5 Å². The van der Waals surface area contributed by atoms with E-state index in [1.165, 1.54) is 86.5 Å². The summed E-state index contributed by atoms with van der Waals surface area (Å²) in [6, 6.07) is 17.6. The third-order valence-electron chi connectivity index (χ3n) is 10.5. The van der Waals surface area contributed by atoms with Crippen LogP contribution >= 0.6 is 0 Å². The Morgan fingerprint density at radius 1 is 0.525 bits per heavy atom. The topological polar surface area (TPSA) is 40.5 Å². The number of phenolic OH excluding ortho intramolecular Hbond substituents is 2. The molecule has 2 heteroatoms. The van der Waals surface area contributed by atoms with Crippen LogP contribution in [0.1, 0.15) is 148 Å². The van der Waals surface area contributed by atoms with Gasteiger partial charge in [0.25, 0.3) is 0 Å². The predicted molar refractivity (Wildman–Crippen MR) is 168 cm³/mol. The van der Waals surface area contributed by atoms with Crippen molar-refractivity contribution in [2.24, 2.45) is 0 Å². The molecule has 2 fully saturated rings. The van der Waals surface area contributed by atoms with Crippen LogP contribution < -0.4 is 0 Å². The maximum atomic E-state index is 11.0. The quantitative estimate of drug-likeness (QED) is 0.328. The molecule has 0 aliphatic heterocycles. The zero-order valence-corrected chi connectivity index (χ0v) is 25.7. The minimum Gasteiger partial charge on any atom is -0.508 e. The summed E-state index contributed by atoms with van der Waals surface area (Å²) in [6.07, 6.45) is 12.3. The summed E-state index contributed by atoms with van der Waals surface area (Å²) in [6.45, 7) is 13.7. The summed E-state index contributed by atoms with van der Waals surface area (Å²) in [5.74, 6) is 1.84. The molecule has 0 aromatic heterocycles. The van der Waals surface area contributed by atoms with E-state index in [9.17, 15) is 10.2 Å². The Morgan fingerprint density at radius 2 is 0.875 bits per heavy atom. The van der Waals surface area contributed by atoms with E-state index in [0.29, 0.717) is 23.3 Å². The molecule has 0 saturated heterocycles. The molecular weight excluding hydrogens is 488 g/mol. The van der Waals surface area contributed by atoms with Crippen molar-refractivity contribution in [2.75, 3.05) is 0 Å². The molecule has 5 rings (SSSR count). The van der Waals surface area contributed by atoms with Crippen LogP contribution in [0.3, 0.4) is 0 Å². The summed E-state index contributed by atoms with van der Waals surface area (Å²) in [7, 11) is 0. The minimum atomic E-state index is -0.244. The average molecular weight is 539 g/mol. The van der Waals surface area contributed by atoms with Crippen LogP contribution in [0.2, 0.25) is 0 Å². The highest BCUT2D eigenvalue weighted by atomic mass is 16.3. The second-order valence-corrected chi connectivity index (χ2v) is 13.9. The number of phenols is 2. The summed E-state index contributed by atoms with van der Waals surface area (Å²) < 4.78 is 0. The lowest BCUT2D eigenvalue weighted by atomic mass is 9.66. The number of benzene rings is 3. The first-order chi connectivity index (χ1) is 19.0. The van der Waals surface area contributed by atoms with Crippen LogP contribution in [0.4, 0.5) is 0 Å². The van der Waals surface area contributed by atoms with Gasteiger partial charge in [-0.1, -0.05) is 103 Å². The molecule has 3 aromatic rings. The lowest BCUT2D eigenvalue weighted by Crippen LogP contribution is -2.29. The van der Waals surface area contributed by atoms with Gasteiger partial charge in [-0.25, -0.2) is 0 Å². The summed E-state index contributed by atoms with van der Waals surface area (Å²) in [5, 5.41) is 22.0. The van der Waals surface area contributed by atoms with Crippen LogP contribution in [-0.2, 0) is 10.8 Å². The lowest BCUT2D eigenvalue weighted by molar-refractivity contribution is 0.412. The zero-order valence-electron chi connectivity index (χ0n) is 25.7. The fourth-order valence-electron chi connectivity index (χ4n) is 8.11. The largest absolute Gasteiger partial charge is 0.508 e. The molecule has 0 radical (unpaired) electrons. The third-order valence-corrected chi connectivity index (χ3v) is 10.5. The fourth-order valence-corrected chi connectivity index (χ4v) is 8.11. The van der Waals surface area contributed by atoms with Crippen molar-refractivity contribution in [2.45, 2.75) is 128 Å². The minimum absolute atomic E-state index is 0.244. The summed E-state index contributed by atoms with van der Waals surface area (Å²) in [4.78, 5) is 0. The molecule has 0 spiro atoms. The van der Waals surface area contributed by atoms with Crippen molar-refractivity contribution in [3.05, 3.63) is 93.0 Å². The number of hydrogen-bond donors (Lipinski definition) is 2. The lowest BCUT2D eigenvalue weighted by Gasteiger charge is -2.38. The highest BCUT2D eigenvalue weighted by Crippen LogP contribution is 2.47. The SMILES string of the molecule is Cc1cc(O)c(C2CCCCC2)cc1C(C)(C)c1ccccc1C(C)(C)c1cc(C2CCCCC2)c(O)cc1C. The Balaban J connectivity index is 1.60. The number of rotatable bonds is 6. The van der Waals surface area contributed by atoms with E-state index < -0.39 is 0 Å². The van der Waals surface area contributed by atoms with Crippen LogP contribution in [0.5, 0.6) is 11.5 Å². The highest BCUT2D eigenvalue weighted by Gasteiger charge is 2.36. The van der Waals surface area contributed by atoms with Gasteiger partial charge in [0.2, 0.25) is 0 Å². The Labute approximate surface area is 242 Å². The molecular formula is C38H50O2. The van der Waals surface area contributed by atoms with E-state index in [-0.39, 0.29) is 10.8 Å². The molecule has 0 unspecified atom stereocenters. The normalized spacial score (nSPS) is 17.8. The second kappa shape index (κ2) is 11.3. The van der Waals surface area contributed by atoms with Gasteiger partial charge in [0, 0.05) is 10.8 Å². The predicted octanol–water partition coefficient (Wildman–Crippen LogP) is 10.5. The van der Waals surface area contributed by atoms with Crippen molar-refractivity contribution < 1.29 is 10.2 Å². The monoisotopic (exact) mass is 538 g/mol. The second-order valence-electron chi connectivity index (χ2n) is 13.9. The van der Waals surface area contributed by atoms with E-state index in [2.05, 4.69) is 77.9 Å². The smallest absolute Gasteiger partial charge is 0.119 e. The zero-order chi connectivity index (χ0) is 28.7. The Kier molecular flexibility index (Phi) is 8.10. The summed E-state index contributed by atoms with van der Waals surface area (Å²) in [5.41, 5.74) is 9.35. The molecule has 40 heavy (non-hydrogen) atoms. The van der Waals surface area contributed by atoms with Crippen molar-refractivity contribution in [3.8, 4) is 11.5 Å². The van der Waals surface area contributed by atoms with Gasteiger partial charge in [-0.05, 0) is 108 Å². The van der Waals surface area contributed by atoms with E-state index in [1.54, 1.807) is 0 Å². The number of aryl methyl sites for hydroxylation is 2. The standard InChI is InChI=1S/C38H50O2/c1-25-21-35(39)29(27-15-9-7-10-16-27)23-33(25)37(3,4)31-19-13-14-20-32(31)38(5,6)34-24-30(36(40)22-26(34)2)28-17-11-8-12-18-28/h13-14,19-24,27-28,39-40H,7-12,15-18H2,1-6H3. The summed E-state index contributed by atoms with van der Waals surface area (Å²) >= 11 is 0. The van der Waals surface area contributed by atoms with Crippen molar-refractivity contribution in [3.63, 3.8) is 0 Å². The molecule has 2 nitrogen and oxygen atoms in total. The van der Waals surface area contributed by atoms with Crippen molar-refractivity contribution in [1.82, 2.24) is 0 Å². The molecule has 0 amide bonds. The first kappa shape index (κ1) is 28.8. The van der Waals surface area contributed by atoms with Gasteiger partial charge < -0.3 is 10.2 Å². The van der Waals surface area contributed by atoms with Gasteiger partial charge >= 0.3 is 0 Å². The van der Waals surface area contributed by atoms with Crippen molar-refractivity contribution >= 4 is 0 Å². The van der Waals surface area contributed by atoms with Crippen molar-refractivity contribution in [1.29, 1.82) is 0 Å². The molecule has 214 valence electrons. The molecule has 2 aliphatic carbocycles. The molecule has 2 aliphatic rings. The van der Waals surface area contributed by atoms with E-state index in [4.69, 9.17) is 0 Å². The van der Waals surface area contributed by atoms with Gasteiger partial charge in [-0.15, -0.1) is 0 Å². The Hall–Kier alpha value is -2.74. The maximum absolute atomic E-state index is 11.0. The highest BCUT2D eigenvalue weighted by molar-refractivity contribution is 5.56. The van der Waals surface area contributed by atoms with E-state index in [1.807, 2.05) is 12.1 Å². The Morgan fingerprint density at radius 3 is 1.23 bits per heavy atom. The average Bonchev–Trinajstić information content (AvgIpc) is 2.94. The molecule has 0 bridgehead atoms. The van der Waals surface area contributed by atoms with E-state index >= 15 is 0 Å². The van der Waals surface area contributed by atoms with Gasteiger partial charge in [0.05, 0.1) is 0 Å². The number of hydrogen-bond acceptors (Lipinski definition) is 2. The van der Waals surface area contributed by atoms with E-state index in [0.717, 1.165) is 22.3 Å². The first-order valence-electron chi connectivity index (χ1n) is 15.8. The van der Waals surface area contributed by atoms with Gasteiger partial charge in [-0.3, -0.25) is 0 Å². The van der Waals surface area contributed by atoms with Gasteiger partial charge in [0.15, 0.2) is 0 Å². The molecule has 0 atom stereocenters. The third kappa shape index (κ3) is 5.31.